The molecule has 104 valence electrons. The number of nitrogens with one attached hydrogen (secondary N) is 1. The minimum Gasteiger partial charge on any atom is -0.338 e. The number of carbonyl (C=O) groups is 1. The van der Waals surface area contributed by atoms with Crippen molar-refractivity contribution < 1.29 is 9.18 Å². The van der Waals surface area contributed by atoms with Gasteiger partial charge in [-0.25, -0.2) is 9.18 Å². The highest BCUT2D eigenvalue weighted by molar-refractivity contribution is 5.74. The number of urea groups is 1. The van der Waals surface area contributed by atoms with Crippen LogP contribution >= 0.6 is 0 Å². The molecule has 19 heavy (non-hydrogen) atoms. The Morgan fingerprint density at radius 3 is 2.63 bits per heavy atom. The number of piperazine rings is 1. The SMILES string of the molecule is CN1CCN(C(=O)NCCc2ccccc2F)CC1. The molecule has 0 radical (unpaired) electrons. The lowest BCUT2D eigenvalue weighted by atomic mass is 10.1. The van der Waals surface area contributed by atoms with E-state index in [9.17, 15) is 9.18 Å². The summed E-state index contributed by atoms with van der Waals surface area (Å²) in [6.45, 7) is 3.78. The first-order valence-corrected chi connectivity index (χ1v) is 6.61. The lowest BCUT2D eigenvalue weighted by Gasteiger charge is -2.32. The Kier molecular flexibility index (Phi) is 4.74. The van der Waals surface area contributed by atoms with Crippen LogP contribution in [0.2, 0.25) is 0 Å². The van der Waals surface area contributed by atoms with Crippen molar-refractivity contribution in [3.63, 3.8) is 0 Å². The number of benzene rings is 1. The molecule has 1 aliphatic heterocycles. The second-order valence-electron chi connectivity index (χ2n) is 4.86. The van der Waals surface area contributed by atoms with Gasteiger partial charge in [0, 0.05) is 32.7 Å². The summed E-state index contributed by atoms with van der Waals surface area (Å²) in [5.41, 5.74) is 0.640. The van der Waals surface area contributed by atoms with Gasteiger partial charge in [-0.2, -0.15) is 0 Å². The highest BCUT2D eigenvalue weighted by Gasteiger charge is 2.18. The Labute approximate surface area is 113 Å². The maximum Gasteiger partial charge on any atom is 0.317 e. The molecule has 4 nitrogen and oxygen atoms in total. The number of carbonyl (C=O) groups excluding carboxylic acids is 1. The first-order valence-electron chi connectivity index (χ1n) is 6.61. The third-order valence-electron chi connectivity index (χ3n) is 3.42. The van der Waals surface area contributed by atoms with E-state index in [4.69, 9.17) is 0 Å². The van der Waals surface area contributed by atoms with E-state index in [0.29, 0.717) is 18.5 Å². The van der Waals surface area contributed by atoms with Crippen LogP contribution in [-0.4, -0.2) is 55.6 Å². The van der Waals surface area contributed by atoms with Crippen molar-refractivity contribution in [1.82, 2.24) is 15.1 Å². The van der Waals surface area contributed by atoms with Crippen LogP contribution in [0.5, 0.6) is 0 Å². The van der Waals surface area contributed by atoms with Crippen molar-refractivity contribution in [2.24, 2.45) is 0 Å². The zero-order valence-corrected chi connectivity index (χ0v) is 11.2. The third-order valence-corrected chi connectivity index (χ3v) is 3.42. The van der Waals surface area contributed by atoms with Crippen molar-refractivity contribution in [3.05, 3.63) is 35.6 Å². The summed E-state index contributed by atoms with van der Waals surface area (Å²) in [5, 5.41) is 2.84. The molecule has 5 heteroatoms. The number of halogens is 1. The monoisotopic (exact) mass is 265 g/mol. The van der Waals surface area contributed by atoms with E-state index in [1.807, 2.05) is 7.05 Å². The zero-order chi connectivity index (χ0) is 13.7. The lowest BCUT2D eigenvalue weighted by molar-refractivity contribution is 0.154. The molecule has 0 aliphatic carbocycles. The molecule has 1 aromatic carbocycles. The number of amides is 2. The lowest BCUT2D eigenvalue weighted by Crippen LogP contribution is -2.50. The molecule has 1 aromatic rings. The second-order valence-corrected chi connectivity index (χ2v) is 4.86. The van der Waals surface area contributed by atoms with Crippen LogP contribution in [0.15, 0.2) is 24.3 Å². The van der Waals surface area contributed by atoms with Gasteiger partial charge in [-0.1, -0.05) is 18.2 Å². The van der Waals surface area contributed by atoms with E-state index in [1.165, 1.54) is 6.07 Å². The molecule has 1 fully saturated rings. The number of nitrogens with zero attached hydrogens (tertiary/aromatic N) is 2. The summed E-state index contributed by atoms with van der Waals surface area (Å²) in [6.07, 6.45) is 0.520. The number of rotatable bonds is 3. The fourth-order valence-corrected chi connectivity index (χ4v) is 2.13. The van der Waals surface area contributed by atoms with E-state index in [1.54, 1.807) is 23.1 Å². The van der Waals surface area contributed by atoms with Crippen LogP contribution in [0.4, 0.5) is 9.18 Å². The standard InChI is InChI=1S/C14H20FN3O/c1-17-8-10-18(11-9-17)14(19)16-7-6-12-4-2-3-5-13(12)15/h2-5H,6-11H2,1H3,(H,16,19). The van der Waals surface area contributed by atoms with Crippen molar-refractivity contribution in [1.29, 1.82) is 0 Å². The summed E-state index contributed by atoms with van der Waals surface area (Å²) in [5.74, 6) is -0.212. The van der Waals surface area contributed by atoms with E-state index < -0.39 is 0 Å². The van der Waals surface area contributed by atoms with Crippen LogP contribution in [0.1, 0.15) is 5.56 Å². The molecule has 0 atom stereocenters. The van der Waals surface area contributed by atoms with E-state index >= 15 is 0 Å². The highest BCUT2D eigenvalue weighted by atomic mass is 19.1. The maximum absolute atomic E-state index is 13.4. The predicted octanol–water partition coefficient (Wildman–Crippen LogP) is 1.33. The smallest absolute Gasteiger partial charge is 0.317 e. The second kappa shape index (κ2) is 6.52. The van der Waals surface area contributed by atoms with Crippen molar-refractivity contribution in [3.8, 4) is 0 Å². The van der Waals surface area contributed by atoms with Crippen LogP contribution in [0.25, 0.3) is 0 Å². The van der Waals surface area contributed by atoms with Gasteiger partial charge in [-0.3, -0.25) is 0 Å². The predicted molar refractivity (Wildman–Crippen MR) is 72.6 cm³/mol. The fraction of sp³-hybridized carbons (Fsp3) is 0.500. The Hall–Kier alpha value is -1.62. The Balaban J connectivity index is 1.74. The van der Waals surface area contributed by atoms with Crippen molar-refractivity contribution in [2.75, 3.05) is 39.8 Å². The Bertz CT molecular complexity index is 430. The molecule has 1 N–H and O–H groups in total. The van der Waals surface area contributed by atoms with Crippen LogP contribution < -0.4 is 5.32 Å². The van der Waals surface area contributed by atoms with Gasteiger partial charge in [-0.15, -0.1) is 0 Å². The summed E-state index contributed by atoms with van der Waals surface area (Å²) in [4.78, 5) is 15.9. The molecule has 0 aromatic heterocycles. The van der Waals surface area contributed by atoms with E-state index in [-0.39, 0.29) is 11.8 Å². The molecule has 0 bridgehead atoms. The highest BCUT2D eigenvalue weighted by Crippen LogP contribution is 2.06. The normalized spacial score (nSPS) is 16.4. The molecule has 1 saturated heterocycles. The summed E-state index contributed by atoms with van der Waals surface area (Å²) >= 11 is 0. The number of hydrogen-bond acceptors (Lipinski definition) is 2. The van der Waals surface area contributed by atoms with Gasteiger partial charge in [0.15, 0.2) is 0 Å². The van der Waals surface area contributed by atoms with Crippen LogP contribution in [0.3, 0.4) is 0 Å². The molecule has 0 saturated carbocycles. The van der Waals surface area contributed by atoms with E-state index in [0.717, 1.165) is 26.2 Å². The average Bonchev–Trinajstić information content (AvgIpc) is 2.41. The van der Waals surface area contributed by atoms with Crippen LogP contribution in [0, 0.1) is 5.82 Å². The first kappa shape index (κ1) is 13.8. The van der Waals surface area contributed by atoms with E-state index in [2.05, 4.69) is 10.2 Å². The quantitative estimate of drug-likeness (QED) is 0.895. The Morgan fingerprint density at radius 2 is 1.95 bits per heavy atom. The van der Waals surface area contributed by atoms with Gasteiger partial charge in [0.2, 0.25) is 0 Å². The minimum atomic E-state index is -0.212. The molecule has 1 heterocycles. The summed E-state index contributed by atoms with van der Waals surface area (Å²) < 4.78 is 13.4. The van der Waals surface area contributed by atoms with Gasteiger partial charge in [0.25, 0.3) is 0 Å². The Morgan fingerprint density at radius 1 is 1.26 bits per heavy atom. The summed E-state index contributed by atoms with van der Waals surface area (Å²) in [6, 6.07) is 6.61. The van der Waals surface area contributed by atoms with Gasteiger partial charge in [-0.05, 0) is 25.1 Å². The zero-order valence-electron chi connectivity index (χ0n) is 11.2. The molecule has 2 amide bonds. The largest absolute Gasteiger partial charge is 0.338 e. The van der Waals surface area contributed by atoms with Crippen molar-refractivity contribution in [2.45, 2.75) is 6.42 Å². The first-order chi connectivity index (χ1) is 9.16. The molecule has 2 rings (SSSR count). The number of hydrogen-bond donors (Lipinski definition) is 1. The van der Waals surface area contributed by atoms with Gasteiger partial charge in [0.1, 0.15) is 5.82 Å². The summed E-state index contributed by atoms with van der Waals surface area (Å²) in [7, 11) is 2.05. The van der Waals surface area contributed by atoms with Gasteiger partial charge in [0.05, 0.1) is 0 Å². The van der Waals surface area contributed by atoms with Crippen LogP contribution in [-0.2, 0) is 6.42 Å². The molecule has 1 aliphatic rings. The molecule has 0 unspecified atom stereocenters. The van der Waals surface area contributed by atoms with Gasteiger partial charge < -0.3 is 15.1 Å². The third kappa shape index (κ3) is 3.92. The molecular formula is C14H20FN3O. The number of likely N-dealkylation sites (N-methyl/N-ethyl adjacent to an activating group) is 1. The topological polar surface area (TPSA) is 35.6 Å². The molecule has 0 spiro atoms. The maximum atomic E-state index is 13.4. The van der Waals surface area contributed by atoms with Crippen molar-refractivity contribution >= 4 is 6.03 Å². The average molecular weight is 265 g/mol. The van der Waals surface area contributed by atoms with Gasteiger partial charge >= 0.3 is 6.03 Å². The fourth-order valence-electron chi connectivity index (χ4n) is 2.13. The minimum absolute atomic E-state index is 0.0514. The molecular weight excluding hydrogens is 245 g/mol.